The molecule has 0 radical (unpaired) electrons. The third kappa shape index (κ3) is 4.20. The van der Waals surface area contributed by atoms with E-state index in [2.05, 4.69) is 21.8 Å². The van der Waals surface area contributed by atoms with Crippen molar-refractivity contribution in [3.05, 3.63) is 51.4 Å². The first-order valence-corrected chi connectivity index (χ1v) is 10.8. The van der Waals surface area contributed by atoms with E-state index in [4.69, 9.17) is 28.9 Å². The highest BCUT2D eigenvalue weighted by atomic mass is 35.5. The van der Waals surface area contributed by atoms with Gasteiger partial charge in [0.05, 0.1) is 6.04 Å². The molecule has 1 aromatic heterocycles. The Balaban J connectivity index is 1.38. The van der Waals surface area contributed by atoms with E-state index >= 15 is 0 Å². The van der Waals surface area contributed by atoms with E-state index in [1.165, 1.54) is 11.3 Å². The third-order valence-corrected chi connectivity index (χ3v) is 6.50. The molecule has 1 aromatic carbocycles. The Morgan fingerprint density at radius 1 is 1.24 bits per heavy atom. The average Bonchev–Trinajstić information content (AvgIpc) is 3.11. The number of anilines is 1. The van der Waals surface area contributed by atoms with Crippen LogP contribution in [0.1, 0.15) is 36.1 Å². The van der Waals surface area contributed by atoms with Crippen molar-refractivity contribution >= 4 is 34.9 Å². The van der Waals surface area contributed by atoms with Gasteiger partial charge in [0.25, 0.3) is 0 Å². The van der Waals surface area contributed by atoms with Crippen LogP contribution in [0.5, 0.6) is 0 Å². The van der Waals surface area contributed by atoms with Gasteiger partial charge >= 0.3 is 0 Å². The molecule has 29 heavy (non-hydrogen) atoms. The maximum atomic E-state index is 12.9. The fourth-order valence-electron chi connectivity index (χ4n) is 4.26. The van der Waals surface area contributed by atoms with Crippen molar-refractivity contribution in [2.24, 2.45) is 5.73 Å². The number of nitrogens with two attached hydrogens (primary N) is 1. The highest BCUT2D eigenvalue weighted by molar-refractivity contribution is 6.35. The van der Waals surface area contributed by atoms with Crippen LogP contribution in [0.2, 0.25) is 10.0 Å². The zero-order valence-electron chi connectivity index (χ0n) is 16.4. The zero-order chi connectivity index (χ0) is 20.5. The minimum Gasteiger partial charge on any atom is -0.353 e. The van der Waals surface area contributed by atoms with Crippen molar-refractivity contribution in [3.63, 3.8) is 0 Å². The molecule has 2 aromatic rings. The second-order valence-electron chi connectivity index (χ2n) is 7.86. The van der Waals surface area contributed by atoms with Crippen LogP contribution in [0, 0.1) is 0 Å². The van der Waals surface area contributed by atoms with Gasteiger partial charge in [-0.05, 0) is 42.9 Å². The second-order valence-corrected chi connectivity index (χ2v) is 8.70. The smallest absolute Gasteiger partial charge is 0.239 e. The number of carbonyl (C=O) groups is 1. The summed E-state index contributed by atoms with van der Waals surface area (Å²) in [4.78, 5) is 26.0. The van der Waals surface area contributed by atoms with Crippen molar-refractivity contribution in [3.8, 4) is 0 Å². The van der Waals surface area contributed by atoms with E-state index in [9.17, 15) is 4.79 Å². The lowest BCUT2D eigenvalue weighted by atomic mass is 10.0. The first-order chi connectivity index (χ1) is 13.9. The molecule has 0 bridgehead atoms. The van der Waals surface area contributed by atoms with E-state index in [0.717, 1.165) is 37.3 Å². The van der Waals surface area contributed by atoms with Gasteiger partial charge in [-0.15, -0.1) is 0 Å². The molecule has 0 spiro atoms. The van der Waals surface area contributed by atoms with Crippen molar-refractivity contribution in [1.82, 2.24) is 14.9 Å². The molecule has 0 saturated carbocycles. The summed E-state index contributed by atoms with van der Waals surface area (Å²) in [6.07, 6.45) is 4.20. The lowest BCUT2D eigenvalue weighted by molar-refractivity contribution is -0.132. The normalized spacial score (nSPS) is 19.9. The van der Waals surface area contributed by atoms with E-state index in [1.807, 2.05) is 11.0 Å². The summed E-state index contributed by atoms with van der Waals surface area (Å²) in [6, 6.07) is 4.64. The van der Waals surface area contributed by atoms with Crippen LogP contribution in [0.4, 0.5) is 5.82 Å². The first-order valence-electron chi connectivity index (χ1n) is 10.0. The van der Waals surface area contributed by atoms with Crippen molar-refractivity contribution in [1.29, 1.82) is 0 Å². The Labute approximate surface area is 181 Å². The monoisotopic (exact) mass is 433 g/mol. The molecule has 1 saturated heterocycles. The van der Waals surface area contributed by atoms with Gasteiger partial charge in [-0.1, -0.05) is 36.2 Å². The fourth-order valence-corrected chi connectivity index (χ4v) is 4.75. The average molecular weight is 434 g/mol. The van der Waals surface area contributed by atoms with Crippen LogP contribution >= 0.6 is 23.2 Å². The van der Waals surface area contributed by atoms with Crippen LogP contribution in [-0.4, -0.2) is 53.0 Å². The number of rotatable bonds is 4. The minimum absolute atomic E-state index is 0.0445. The number of nitrogens with zero attached hydrogens (tertiary/aromatic N) is 4. The molecular formula is C21H25Cl2N5O. The van der Waals surface area contributed by atoms with Crippen LogP contribution in [0.3, 0.4) is 0 Å². The molecule has 154 valence electrons. The Morgan fingerprint density at radius 2 is 2.00 bits per heavy atom. The van der Waals surface area contributed by atoms with Crippen molar-refractivity contribution < 1.29 is 4.79 Å². The van der Waals surface area contributed by atoms with Gasteiger partial charge in [0.2, 0.25) is 5.91 Å². The number of amides is 1. The van der Waals surface area contributed by atoms with Gasteiger partial charge in [0.1, 0.15) is 12.1 Å². The van der Waals surface area contributed by atoms with E-state index in [1.54, 1.807) is 18.5 Å². The molecule has 1 aliphatic carbocycles. The lowest BCUT2D eigenvalue weighted by Crippen LogP contribution is -2.54. The Hall–Kier alpha value is -1.89. The van der Waals surface area contributed by atoms with Crippen LogP contribution < -0.4 is 10.6 Å². The van der Waals surface area contributed by atoms with Crippen LogP contribution in [0.25, 0.3) is 0 Å². The number of aromatic nitrogens is 2. The number of hydrogen-bond donors (Lipinski definition) is 1. The molecule has 2 unspecified atom stereocenters. The lowest BCUT2D eigenvalue weighted by Gasteiger charge is -2.37. The minimum atomic E-state index is -0.622. The highest BCUT2D eigenvalue weighted by Gasteiger charge is 2.30. The van der Waals surface area contributed by atoms with Crippen molar-refractivity contribution in [2.45, 2.75) is 38.1 Å². The molecule has 8 heteroatoms. The maximum Gasteiger partial charge on any atom is 0.239 e. The van der Waals surface area contributed by atoms with Gasteiger partial charge in [0, 0.05) is 47.5 Å². The number of benzene rings is 1. The highest BCUT2D eigenvalue weighted by Crippen LogP contribution is 2.37. The SMILES string of the molecule is CC1CCc2ncnc(N3CCN(C(=O)C(N)Cc4ccc(Cl)cc4Cl)CC3)c21. The standard InChI is InChI=1S/C21H25Cl2N5O/c1-13-2-5-18-19(13)20(26-12-25-18)27-6-8-28(9-7-27)21(29)17(24)10-14-3-4-15(22)11-16(14)23/h3-4,11-13,17H,2,5-10,24H2,1H3. The molecule has 1 amide bonds. The summed E-state index contributed by atoms with van der Waals surface area (Å²) in [5.74, 6) is 1.47. The van der Waals surface area contributed by atoms with Gasteiger partial charge in [-0.2, -0.15) is 0 Å². The third-order valence-electron chi connectivity index (χ3n) is 5.92. The Bertz CT molecular complexity index is 914. The number of fused-ring (bicyclic) bond motifs is 1. The number of aryl methyl sites for hydroxylation is 1. The van der Waals surface area contributed by atoms with Crippen molar-refractivity contribution in [2.75, 3.05) is 31.1 Å². The Kier molecular flexibility index (Phi) is 5.95. The molecule has 1 fully saturated rings. The summed E-state index contributed by atoms with van der Waals surface area (Å²) < 4.78 is 0. The number of piperazine rings is 1. The number of carbonyl (C=O) groups excluding carboxylic acids is 1. The molecule has 6 nitrogen and oxygen atoms in total. The maximum absolute atomic E-state index is 12.9. The number of halogens is 2. The van der Waals surface area contributed by atoms with Crippen LogP contribution in [-0.2, 0) is 17.6 Å². The molecule has 2 atom stereocenters. The second kappa shape index (κ2) is 8.46. The summed E-state index contributed by atoms with van der Waals surface area (Å²) >= 11 is 12.2. The summed E-state index contributed by atoms with van der Waals surface area (Å²) in [5, 5.41) is 1.11. The van der Waals surface area contributed by atoms with E-state index in [0.29, 0.717) is 35.5 Å². The fraction of sp³-hybridized carbons (Fsp3) is 0.476. The van der Waals surface area contributed by atoms with Gasteiger partial charge in [-0.25, -0.2) is 9.97 Å². The Morgan fingerprint density at radius 3 is 2.72 bits per heavy atom. The molecule has 1 aliphatic heterocycles. The van der Waals surface area contributed by atoms with E-state index in [-0.39, 0.29) is 5.91 Å². The molecule has 2 N–H and O–H groups in total. The number of hydrogen-bond acceptors (Lipinski definition) is 5. The zero-order valence-corrected chi connectivity index (χ0v) is 18.0. The summed E-state index contributed by atoms with van der Waals surface area (Å²) in [7, 11) is 0. The quantitative estimate of drug-likeness (QED) is 0.801. The van der Waals surface area contributed by atoms with E-state index < -0.39 is 6.04 Å². The predicted molar refractivity (Wildman–Crippen MR) is 116 cm³/mol. The van der Waals surface area contributed by atoms with Gasteiger partial charge in [-0.3, -0.25) is 4.79 Å². The molecule has 2 aliphatic rings. The topological polar surface area (TPSA) is 75.4 Å². The molecule has 4 rings (SSSR count). The summed E-state index contributed by atoms with van der Waals surface area (Å²) in [5.41, 5.74) is 9.49. The first kappa shape index (κ1) is 20.4. The largest absolute Gasteiger partial charge is 0.353 e. The summed E-state index contributed by atoms with van der Waals surface area (Å²) in [6.45, 7) is 4.99. The van der Waals surface area contributed by atoms with Crippen LogP contribution in [0.15, 0.2) is 24.5 Å². The molecular weight excluding hydrogens is 409 g/mol. The predicted octanol–water partition coefficient (Wildman–Crippen LogP) is 3.05. The van der Waals surface area contributed by atoms with Gasteiger partial charge < -0.3 is 15.5 Å². The molecule has 2 heterocycles. The van der Waals surface area contributed by atoms with Gasteiger partial charge in [0.15, 0.2) is 0 Å².